The van der Waals surface area contributed by atoms with Crippen LogP contribution in [0.15, 0.2) is 16.6 Å². The van der Waals surface area contributed by atoms with Crippen LogP contribution in [0.4, 0.5) is 10.9 Å². The number of pyridine rings is 1. The van der Waals surface area contributed by atoms with Gasteiger partial charge in [0.05, 0.1) is 15.3 Å². The molecule has 1 saturated carbocycles. The van der Waals surface area contributed by atoms with E-state index in [1.165, 1.54) is 67.5 Å². The number of hydrogen-bond acceptors (Lipinski definition) is 7. The van der Waals surface area contributed by atoms with Gasteiger partial charge in [0, 0.05) is 12.2 Å². The molecule has 2 aromatic rings. The van der Waals surface area contributed by atoms with Gasteiger partial charge in [-0.1, -0.05) is 65.6 Å². The molecule has 26 heavy (non-hydrogen) atoms. The Bertz CT molecular complexity index is 767. The van der Waals surface area contributed by atoms with Crippen LogP contribution in [0.5, 0.6) is 0 Å². The van der Waals surface area contributed by atoms with Crippen LogP contribution in [0.25, 0.3) is 0 Å². The van der Waals surface area contributed by atoms with Gasteiger partial charge in [-0.3, -0.25) is 4.79 Å². The van der Waals surface area contributed by atoms with E-state index in [0.29, 0.717) is 21.9 Å². The zero-order valence-corrected chi connectivity index (χ0v) is 17.3. The fourth-order valence-electron chi connectivity index (χ4n) is 2.67. The molecule has 3 rings (SSSR count). The molecule has 0 bridgehead atoms. The van der Waals surface area contributed by atoms with Gasteiger partial charge in [0.15, 0.2) is 10.2 Å². The van der Waals surface area contributed by atoms with Crippen LogP contribution in [0.2, 0.25) is 10.0 Å². The zero-order chi connectivity index (χ0) is 18.5. The van der Waals surface area contributed by atoms with Crippen molar-refractivity contribution < 1.29 is 4.79 Å². The summed E-state index contributed by atoms with van der Waals surface area (Å²) in [5.74, 6) is 0.0918. The van der Waals surface area contributed by atoms with E-state index in [0.717, 1.165) is 9.47 Å². The van der Waals surface area contributed by atoms with Crippen LogP contribution < -0.4 is 10.6 Å². The zero-order valence-electron chi connectivity index (χ0n) is 14.2. The molecule has 0 aliphatic heterocycles. The summed E-state index contributed by atoms with van der Waals surface area (Å²) in [4.78, 5) is 16.4. The van der Waals surface area contributed by atoms with E-state index in [-0.39, 0.29) is 11.2 Å². The highest BCUT2D eigenvalue weighted by Gasteiger charge is 2.20. The Morgan fingerprint density at radius 2 is 2.08 bits per heavy atom. The maximum atomic E-state index is 12.4. The molecule has 0 saturated heterocycles. The molecule has 0 spiro atoms. The second kappa shape index (κ2) is 9.21. The van der Waals surface area contributed by atoms with Gasteiger partial charge in [-0.2, -0.15) is 0 Å². The van der Waals surface area contributed by atoms with Crippen LogP contribution in [0.3, 0.4) is 0 Å². The van der Waals surface area contributed by atoms with Crippen molar-refractivity contribution in [3.05, 3.63) is 22.3 Å². The summed E-state index contributed by atoms with van der Waals surface area (Å²) >= 11 is 14.7. The van der Waals surface area contributed by atoms with Crippen LogP contribution in [-0.4, -0.2) is 32.4 Å². The number of nitrogens with zero attached hydrogens (tertiary/aromatic N) is 3. The van der Waals surface area contributed by atoms with E-state index in [2.05, 4.69) is 25.8 Å². The predicted octanol–water partition coefficient (Wildman–Crippen LogP) is 5.10. The van der Waals surface area contributed by atoms with E-state index in [1.54, 1.807) is 6.92 Å². The number of amides is 1. The molecular weight excluding hydrogens is 413 g/mol. The molecule has 0 aromatic carbocycles. The van der Waals surface area contributed by atoms with Gasteiger partial charge in [-0.05, 0) is 25.8 Å². The molecule has 1 aliphatic rings. The summed E-state index contributed by atoms with van der Waals surface area (Å²) in [6.07, 6.45) is 7.63. The molecule has 1 fully saturated rings. The Morgan fingerprint density at radius 1 is 1.31 bits per heavy atom. The highest BCUT2D eigenvalue weighted by Crippen LogP contribution is 2.31. The first-order chi connectivity index (χ1) is 12.5. The largest absolute Gasteiger partial charge is 0.357 e. The first kappa shape index (κ1) is 19.7. The number of halogens is 2. The molecule has 140 valence electrons. The van der Waals surface area contributed by atoms with Crippen LogP contribution in [0, 0.1) is 0 Å². The van der Waals surface area contributed by atoms with Crippen LogP contribution in [0.1, 0.15) is 39.0 Å². The van der Waals surface area contributed by atoms with Crippen molar-refractivity contribution in [1.82, 2.24) is 15.2 Å². The van der Waals surface area contributed by atoms with E-state index < -0.39 is 0 Å². The SMILES string of the molecule is CC(Sc1nnc(NC2CCCCC2)s1)C(=O)Nc1ncc(Cl)cc1Cl. The average Bonchev–Trinajstić information content (AvgIpc) is 3.05. The van der Waals surface area contributed by atoms with Crippen molar-refractivity contribution in [2.45, 2.75) is 54.7 Å². The Labute approximate surface area is 170 Å². The number of anilines is 2. The van der Waals surface area contributed by atoms with Crippen LogP contribution >= 0.6 is 46.3 Å². The molecule has 1 atom stereocenters. The van der Waals surface area contributed by atoms with Gasteiger partial charge >= 0.3 is 0 Å². The van der Waals surface area contributed by atoms with Crippen LogP contribution in [-0.2, 0) is 4.79 Å². The number of rotatable bonds is 6. The van der Waals surface area contributed by atoms with Gasteiger partial charge in [-0.15, -0.1) is 10.2 Å². The molecule has 2 heterocycles. The minimum atomic E-state index is -0.362. The molecule has 1 amide bonds. The van der Waals surface area contributed by atoms with Crippen molar-refractivity contribution in [2.75, 3.05) is 10.6 Å². The van der Waals surface area contributed by atoms with Gasteiger partial charge < -0.3 is 10.6 Å². The third-order valence-electron chi connectivity index (χ3n) is 4.04. The monoisotopic (exact) mass is 431 g/mol. The normalized spacial score (nSPS) is 16.3. The molecule has 10 heteroatoms. The Balaban J connectivity index is 1.53. The van der Waals surface area contributed by atoms with Crippen molar-refractivity contribution in [3.63, 3.8) is 0 Å². The van der Waals surface area contributed by atoms with E-state index in [4.69, 9.17) is 23.2 Å². The number of carbonyl (C=O) groups is 1. The maximum Gasteiger partial charge on any atom is 0.238 e. The molecule has 1 unspecified atom stereocenters. The minimum absolute atomic E-state index is 0.205. The summed E-state index contributed by atoms with van der Waals surface area (Å²) in [6.45, 7) is 1.81. The highest BCUT2D eigenvalue weighted by molar-refractivity contribution is 8.02. The molecule has 0 radical (unpaired) electrons. The second-order valence-corrected chi connectivity index (χ2v) is 9.49. The Kier molecular flexibility index (Phi) is 6.97. The lowest BCUT2D eigenvalue weighted by Crippen LogP contribution is -2.23. The minimum Gasteiger partial charge on any atom is -0.357 e. The maximum absolute atomic E-state index is 12.4. The van der Waals surface area contributed by atoms with E-state index in [9.17, 15) is 4.79 Å². The quantitative estimate of drug-likeness (QED) is 0.618. The summed E-state index contributed by atoms with van der Waals surface area (Å²) in [5.41, 5.74) is 0. The first-order valence-electron chi connectivity index (χ1n) is 8.40. The standard InChI is InChI=1S/C16H19Cl2N5OS2/c1-9(14(24)21-13-12(18)7-10(17)8-19-13)25-16-23-22-15(26-16)20-11-5-3-2-4-6-11/h7-9,11H,2-6H2,1H3,(H,20,22)(H,19,21,24). The number of aromatic nitrogens is 3. The number of thioether (sulfide) groups is 1. The van der Waals surface area contributed by atoms with Gasteiger partial charge in [0.1, 0.15) is 0 Å². The van der Waals surface area contributed by atoms with E-state index >= 15 is 0 Å². The number of hydrogen-bond donors (Lipinski definition) is 2. The molecule has 1 aliphatic carbocycles. The highest BCUT2D eigenvalue weighted by atomic mass is 35.5. The average molecular weight is 432 g/mol. The smallest absolute Gasteiger partial charge is 0.238 e. The summed E-state index contributed by atoms with van der Waals surface area (Å²) in [6, 6.07) is 2.02. The topological polar surface area (TPSA) is 79.8 Å². The fourth-order valence-corrected chi connectivity index (χ4v) is 5.07. The van der Waals surface area contributed by atoms with Crippen molar-refractivity contribution in [2.24, 2.45) is 0 Å². The summed E-state index contributed by atoms with van der Waals surface area (Å²) < 4.78 is 0.751. The van der Waals surface area contributed by atoms with Gasteiger partial charge in [0.25, 0.3) is 0 Å². The van der Waals surface area contributed by atoms with Crippen molar-refractivity contribution in [1.29, 1.82) is 0 Å². The second-order valence-electron chi connectivity index (χ2n) is 6.09. The molecule has 2 N–H and O–H groups in total. The van der Waals surface area contributed by atoms with Crippen molar-refractivity contribution in [3.8, 4) is 0 Å². The van der Waals surface area contributed by atoms with Gasteiger partial charge in [0.2, 0.25) is 11.0 Å². The third kappa shape index (κ3) is 5.45. The summed E-state index contributed by atoms with van der Waals surface area (Å²) in [5, 5.41) is 15.7. The lowest BCUT2D eigenvalue weighted by molar-refractivity contribution is -0.115. The molecule has 6 nitrogen and oxygen atoms in total. The van der Waals surface area contributed by atoms with E-state index in [1.807, 2.05) is 0 Å². The third-order valence-corrected chi connectivity index (χ3v) is 6.57. The summed E-state index contributed by atoms with van der Waals surface area (Å²) in [7, 11) is 0. The molecular formula is C16H19Cl2N5OS2. The number of carbonyl (C=O) groups excluding carboxylic acids is 1. The first-order valence-corrected chi connectivity index (χ1v) is 10.8. The predicted molar refractivity (Wildman–Crippen MR) is 109 cm³/mol. The lowest BCUT2D eigenvalue weighted by Gasteiger charge is -2.21. The lowest BCUT2D eigenvalue weighted by atomic mass is 9.96. The Morgan fingerprint density at radius 3 is 2.81 bits per heavy atom. The van der Waals surface area contributed by atoms with Gasteiger partial charge in [-0.25, -0.2) is 4.98 Å². The van der Waals surface area contributed by atoms with Crippen molar-refractivity contribution >= 4 is 63.2 Å². The Hall–Kier alpha value is -1.09. The molecule has 2 aromatic heterocycles. The fraction of sp³-hybridized carbons (Fsp3) is 0.500. The number of nitrogens with one attached hydrogen (secondary N) is 2.